The molecule has 1 aromatic carbocycles. The van der Waals surface area contributed by atoms with E-state index in [2.05, 4.69) is 5.32 Å². The summed E-state index contributed by atoms with van der Waals surface area (Å²) in [6, 6.07) is 5.11. The van der Waals surface area contributed by atoms with Crippen LogP contribution >= 0.6 is 0 Å². The molecule has 20 heavy (non-hydrogen) atoms. The van der Waals surface area contributed by atoms with Crippen molar-refractivity contribution in [1.29, 1.82) is 0 Å². The molecule has 1 aromatic rings. The number of nitrogens with one attached hydrogen (secondary N) is 1. The van der Waals surface area contributed by atoms with E-state index in [9.17, 15) is 17.6 Å². The first kappa shape index (κ1) is 16.4. The van der Waals surface area contributed by atoms with Crippen molar-refractivity contribution in [3.05, 3.63) is 30.1 Å². The van der Waals surface area contributed by atoms with Crippen LogP contribution in [0.3, 0.4) is 0 Å². The van der Waals surface area contributed by atoms with E-state index in [4.69, 9.17) is 0 Å². The Labute approximate surface area is 118 Å². The van der Waals surface area contributed by atoms with E-state index < -0.39 is 27.3 Å². The Morgan fingerprint density at radius 1 is 1.35 bits per heavy atom. The summed E-state index contributed by atoms with van der Waals surface area (Å²) in [4.78, 5) is 11.9. The number of benzene rings is 1. The van der Waals surface area contributed by atoms with E-state index in [1.54, 1.807) is 20.8 Å². The van der Waals surface area contributed by atoms with Gasteiger partial charge in [-0.2, -0.15) is 0 Å². The highest BCUT2D eigenvalue weighted by Crippen LogP contribution is 2.18. The summed E-state index contributed by atoms with van der Waals surface area (Å²) in [6.07, 6.45) is 0.974. The van der Waals surface area contributed by atoms with Crippen molar-refractivity contribution in [3.8, 4) is 0 Å². The second-order valence-electron chi connectivity index (χ2n) is 5.55. The van der Waals surface area contributed by atoms with E-state index in [-0.39, 0.29) is 12.2 Å². The van der Waals surface area contributed by atoms with Crippen LogP contribution in [-0.4, -0.2) is 32.7 Å². The Bertz CT molecular complexity index is 594. The largest absolute Gasteiger partial charge is 0.350 e. The fraction of sp³-hybridized carbons (Fsp3) is 0.462. The Balaban J connectivity index is 3.02. The molecule has 0 aliphatic carbocycles. The highest BCUT2D eigenvalue weighted by molar-refractivity contribution is 7.92. The number of carbonyl (C=O) groups is 1. The Morgan fingerprint density at radius 3 is 2.40 bits per heavy atom. The molecule has 0 saturated carbocycles. The molecular formula is C13H19FN2O3S. The maximum Gasteiger partial charge on any atom is 0.241 e. The van der Waals surface area contributed by atoms with E-state index in [1.165, 1.54) is 18.2 Å². The summed E-state index contributed by atoms with van der Waals surface area (Å²) < 4.78 is 37.6. The van der Waals surface area contributed by atoms with Crippen LogP contribution in [0.5, 0.6) is 0 Å². The highest BCUT2D eigenvalue weighted by atomic mass is 32.2. The molecule has 1 amide bonds. The van der Waals surface area contributed by atoms with Crippen LogP contribution in [0.25, 0.3) is 0 Å². The SMILES string of the molecule is CC(C)(C)NC(=O)CN(c1cccc(F)c1)S(C)(=O)=O. The third-order valence-electron chi connectivity index (χ3n) is 2.30. The number of hydrogen-bond donors (Lipinski definition) is 1. The zero-order valence-electron chi connectivity index (χ0n) is 12.0. The Morgan fingerprint density at radius 2 is 1.95 bits per heavy atom. The van der Waals surface area contributed by atoms with Gasteiger partial charge in [0.2, 0.25) is 15.9 Å². The minimum Gasteiger partial charge on any atom is -0.350 e. The average Bonchev–Trinajstić information content (AvgIpc) is 2.21. The van der Waals surface area contributed by atoms with Crippen molar-refractivity contribution in [3.63, 3.8) is 0 Å². The van der Waals surface area contributed by atoms with Crippen molar-refractivity contribution in [2.45, 2.75) is 26.3 Å². The van der Waals surface area contributed by atoms with Gasteiger partial charge < -0.3 is 5.32 Å². The van der Waals surface area contributed by atoms with Crippen LogP contribution in [0.1, 0.15) is 20.8 Å². The van der Waals surface area contributed by atoms with Gasteiger partial charge in [-0.15, -0.1) is 0 Å². The van der Waals surface area contributed by atoms with Gasteiger partial charge in [-0.05, 0) is 39.0 Å². The summed E-state index contributed by atoms with van der Waals surface area (Å²) in [6.45, 7) is 4.98. The molecule has 0 bridgehead atoms. The molecule has 0 unspecified atom stereocenters. The maximum atomic E-state index is 13.2. The van der Waals surface area contributed by atoms with Crippen LogP contribution < -0.4 is 9.62 Å². The van der Waals surface area contributed by atoms with E-state index in [0.29, 0.717) is 0 Å². The second kappa shape index (κ2) is 5.78. The molecule has 0 spiro atoms. The fourth-order valence-corrected chi connectivity index (χ4v) is 2.47. The molecule has 0 heterocycles. The molecule has 0 saturated heterocycles. The zero-order chi connectivity index (χ0) is 15.6. The number of carbonyl (C=O) groups excluding carboxylic acids is 1. The number of sulfonamides is 1. The molecule has 0 aromatic heterocycles. The number of rotatable bonds is 4. The lowest BCUT2D eigenvalue weighted by Crippen LogP contribution is -2.47. The number of hydrogen-bond acceptors (Lipinski definition) is 3. The molecule has 5 nitrogen and oxygen atoms in total. The molecular weight excluding hydrogens is 283 g/mol. The van der Waals surface area contributed by atoms with Crippen molar-refractivity contribution in [2.24, 2.45) is 0 Å². The first-order valence-electron chi connectivity index (χ1n) is 6.03. The number of anilines is 1. The normalized spacial score (nSPS) is 12.1. The van der Waals surface area contributed by atoms with Crippen LogP contribution in [0.4, 0.5) is 10.1 Å². The molecule has 112 valence electrons. The van der Waals surface area contributed by atoms with Gasteiger partial charge in [0, 0.05) is 5.54 Å². The van der Waals surface area contributed by atoms with Gasteiger partial charge in [-0.25, -0.2) is 12.8 Å². The maximum absolute atomic E-state index is 13.2. The smallest absolute Gasteiger partial charge is 0.241 e. The van der Waals surface area contributed by atoms with Gasteiger partial charge in [0.05, 0.1) is 11.9 Å². The van der Waals surface area contributed by atoms with Gasteiger partial charge in [0.1, 0.15) is 12.4 Å². The summed E-state index contributed by atoms with van der Waals surface area (Å²) >= 11 is 0. The van der Waals surface area contributed by atoms with Gasteiger partial charge in [0.25, 0.3) is 0 Å². The quantitative estimate of drug-likeness (QED) is 0.916. The van der Waals surface area contributed by atoms with Gasteiger partial charge in [-0.3, -0.25) is 9.10 Å². The Hall–Kier alpha value is -1.63. The molecule has 0 aliphatic heterocycles. The summed E-state index contributed by atoms with van der Waals surface area (Å²) in [5.41, 5.74) is -0.348. The minimum absolute atomic E-state index is 0.122. The van der Waals surface area contributed by atoms with Gasteiger partial charge in [-0.1, -0.05) is 6.07 Å². The van der Waals surface area contributed by atoms with Crippen molar-refractivity contribution in [2.75, 3.05) is 17.1 Å². The van der Waals surface area contributed by atoms with Crippen LogP contribution in [-0.2, 0) is 14.8 Å². The fourth-order valence-electron chi connectivity index (χ4n) is 1.62. The van der Waals surface area contributed by atoms with Crippen molar-refractivity contribution in [1.82, 2.24) is 5.32 Å². The number of amides is 1. The first-order chi connectivity index (χ1) is 8.99. The average molecular weight is 302 g/mol. The number of halogens is 1. The lowest BCUT2D eigenvalue weighted by Gasteiger charge is -2.25. The predicted octanol–water partition coefficient (Wildman–Crippen LogP) is 1.51. The molecule has 0 aliphatic rings. The van der Waals surface area contributed by atoms with Gasteiger partial charge in [0.15, 0.2) is 0 Å². The lowest BCUT2D eigenvalue weighted by atomic mass is 10.1. The second-order valence-corrected chi connectivity index (χ2v) is 7.45. The van der Waals surface area contributed by atoms with E-state index >= 15 is 0 Å². The van der Waals surface area contributed by atoms with Gasteiger partial charge >= 0.3 is 0 Å². The molecule has 0 radical (unpaired) electrons. The first-order valence-corrected chi connectivity index (χ1v) is 7.88. The summed E-state index contributed by atoms with van der Waals surface area (Å²) in [7, 11) is -3.68. The third-order valence-corrected chi connectivity index (χ3v) is 3.44. The van der Waals surface area contributed by atoms with E-state index in [1.807, 2.05) is 0 Å². The molecule has 0 atom stereocenters. The van der Waals surface area contributed by atoms with Crippen LogP contribution in [0, 0.1) is 5.82 Å². The van der Waals surface area contributed by atoms with Crippen LogP contribution in [0.15, 0.2) is 24.3 Å². The van der Waals surface area contributed by atoms with Crippen LogP contribution in [0.2, 0.25) is 0 Å². The van der Waals surface area contributed by atoms with Crippen molar-refractivity contribution < 1.29 is 17.6 Å². The van der Waals surface area contributed by atoms with E-state index in [0.717, 1.165) is 16.6 Å². The van der Waals surface area contributed by atoms with Crippen molar-refractivity contribution >= 4 is 21.6 Å². The number of nitrogens with zero attached hydrogens (tertiary/aromatic N) is 1. The molecule has 7 heteroatoms. The topological polar surface area (TPSA) is 66.5 Å². The Kier molecular flexibility index (Phi) is 4.75. The molecule has 1 N–H and O–H groups in total. The monoisotopic (exact) mass is 302 g/mol. The lowest BCUT2D eigenvalue weighted by molar-refractivity contribution is -0.121. The third kappa shape index (κ3) is 5.16. The highest BCUT2D eigenvalue weighted by Gasteiger charge is 2.23. The standard InChI is InChI=1S/C13H19FN2O3S/c1-13(2,3)15-12(17)9-16(20(4,18)19)11-7-5-6-10(14)8-11/h5-8H,9H2,1-4H3,(H,15,17). The predicted molar refractivity (Wildman–Crippen MR) is 76.5 cm³/mol. The molecule has 0 fully saturated rings. The zero-order valence-corrected chi connectivity index (χ0v) is 12.8. The minimum atomic E-state index is -3.68. The summed E-state index contributed by atoms with van der Waals surface area (Å²) in [5.74, 6) is -1.01. The molecule has 1 rings (SSSR count). The summed E-state index contributed by atoms with van der Waals surface area (Å²) in [5, 5.41) is 2.67.